The Kier molecular flexibility index (Phi) is 4.32. The Labute approximate surface area is 131 Å². The van der Waals surface area contributed by atoms with Crippen molar-refractivity contribution in [1.82, 2.24) is 0 Å². The molecule has 3 heteroatoms. The van der Waals surface area contributed by atoms with Gasteiger partial charge in [0.25, 0.3) is 0 Å². The van der Waals surface area contributed by atoms with Gasteiger partial charge in [0.1, 0.15) is 0 Å². The second-order valence-electron chi connectivity index (χ2n) is 5.92. The molecule has 0 aliphatic carbocycles. The van der Waals surface area contributed by atoms with Crippen molar-refractivity contribution < 1.29 is 0 Å². The van der Waals surface area contributed by atoms with Gasteiger partial charge in [-0.25, -0.2) is 0 Å². The predicted molar refractivity (Wildman–Crippen MR) is 92.2 cm³/mol. The molecule has 1 aliphatic rings. The molecule has 2 aromatic rings. The van der Waals surface area contributed by atoms with E-state index in [1.807, 2.05) is 11.3 Å². The lowest BCUT2D eigenvalue weighted by Gasteiger charge is -2.37. The predicted octanol–water partition coefficient (Wildman–Crippen LogP) is 4.15. The van der Waals surface area contributed by atoms with Crippen LogP contribution in [0.25, 0.3) is 0 Å². The lowest BCUT2D eigenvalue weighted by molar-refractivity contribution is 0.616. The average molecular weight is 300 g/mol. The number of nitrogens with two attached hydrogens (primary N) is 1. The number of anilines is 1. The smallest absolute Gasteiger partial charge is 0.0525 e. The van der Waals surface area contributed by atoms with Crippen molar-refractivity contribution in [2.75, 3.05) is 11.4 Å². The molecule has 0 fully saturated rings. The van der Waals surface area contributed by atoms with Crippen molar-refractivity contribution in [3.63, 3.8) is 0 Å². The van der Waals surface area contributed by atoms with Crippen LogP contribution in [0.5, 0.6) is 0 Å². The first-order valence-electron chi connectivity index (χ1n) is 7.87. The van der Waals surface area contributed by atoms with Gasteiger partial charge in [0.15, 0.2) is 0 Å². The quantitative estimate of drug-likeness (QED) is 0.919. The number of benzene rings is 1. The van der Waals surface area contributed by atoms with Crippen molar-refractivity contribution in [3.8, 4) is 0 Å². The van der Waals surface area contributed by atoms with Crippen molar-refractivity contribution in [2.24, 2.45) is 5.73 Å². The third-order valence-corrected chi connectivity index (χ3v) is 5.58. The third kappa shape index (κ3) is 2.85. The van der Waals surface area contributed by atoms with Crippen molar-refractivity contribution in [3.05, 3.63) is 51.7 Å². The van der Waals surface area contributed by atoms with Crippen LogP contribution < -0.4 is 10.6 Å². The fraction of sp³-hybridized carbons (Fsp3) is 0.444. The lowest BCUT2D eigenvalue weighted by Crippen LogP contribution is -2.34. The minimum Gasteiger partial charge on any atom is -0.364 e. The van der Waals surface area contributed by atoms with Gasteiger partial charge >= 0.3 is 0 Å². The molecule has 0 amide bonds. The molecule has 2 N–H and O–H groups in total. The number of hydrogen-bond donors (Lipinski definition) is 1. The Morgan fingerprint density at radius 2 is 2.14 bits per heavy atom. The van der Waals surface area contributed by atoms with Crippen LogP contribution in [0, 0.1) is 0 Å². The molecule has 0 saturated heterocycles. The van der Waals surface area contributed by atoms with Crippen molar-refractivity contribution in [2.45, 2.75) is 45.2 Å². The van der Waals surface area contributed by atoms with Gasteiger partial charge in [-0.05, 0) is 54.8 Å². The Morgan fingerprint density at radius 1 is 1.33 bits per heavy atom. The van der Waals surface area contributed by atoms with E-state index in [-0.39, 0.29) is 6.04 Å². The maximum atomic E-state index is 6.18. The van der Waals surface area contributed by atoms with E-state index in [0.717, 1.165) is 25.8 Å². The van der Waals surface area contributed by atoms with Gasteiger partial charge in [-0.3, -0.25) is 0 Å². The van der Waals surface area contributed by atoms with Crippen LogP contribution in [0.2, 0.25) is 0 Å². The molecule has 2 unspecified atom stereocenters. The van der Waals surface area contributed by atoms with Crippen LogP contribution in [-0.2, 0) is 12.8 Å². The first kappa shape index (κ1) is 14.6. The van der Waals surface area contributed by atoms with E-state index in [1.54, 1.807) is 4.88 Å². The minimum absolute atomic E-state index is 0.253. The molecule has 2 nitrogen and oxygen atoms in total. The third-order valence-electron chi connectivity index (χ3n) is 4.58. The Balaban J connectivity index is 1.91. The number of thiophene rings is 1. The highest BCUT2D eigenvalue weighted by molar-refractivity contribution is 7.10. The molecule has 1 aromatic carbocycles. The highest BCUT2D eigenvalue weighted by atomic mass is 32.1. The molecule has 2 heterocycles. The minimum atomic E-state index is 0.253. The molecule has 3 rings (SSSR count). The summed E-state index contributed by atoms with van der Waals surface area (Å²) in [6.07, 6.45) is 3.15. The summed E-state index contributed by atoms with van der Waals surface area (Å²) < 4.78 is 0. The van der Waals surface area contributed by atoms with Gasteiger partial charge in [-0.2, -0.15) is 0 Å². The molecular weight excluding hydrogens is 276 g/mol. The first-order valence-corrected chi connectivity index (χ1v) is 8.75. The topological polar surface area (TPSA) is 29.3 Å². The molecule has 0 spiro atoms. The van der Waals surface area contributed by atoms with Gasteiger partial charge in [-0.1, -0.05) is 25.1 Å². The second kappa shape index (κ2) is 6.20. The Hall–Kier alpha value is -1.32. The zero-order valence-electron chi connectivity index (χ0n) is 12.9. The van der Waals surface area contributed by atoms with Crippen LogP contribution in [0.3, 0.4) is 0 Å². The molecule has 2 atom stereocenters. The highest BCUT2D eigenvalue weighted by Crippen LogP contribution is 2.37. The van der Waals surface area contributed by atoms with Gasteiger partial charge in [0.05, 0.1) is 6.04 Å². The van der Waals surface area contributed by atoms with Gasteiger partial charge in [0, 0.05) is 23.2 Å². The van der Waals surface area contributed by atoms with E-state index in [0.29, 0.717) is 6.04 Å². The average Bonchev–Trinajstić information content (AvgIpc) is 2.98. The van der Waals surface area contributed by atoms with Crippen LogP contribution in [0.4, 0.5) is 5.69 Å². The summed E-state index contributed by atoms with van der Waals surface area (Å²) in [4.78, 5) is 4.11. The zero-order valence-corrected chi connectivity index (χ0v) is 13.7. The van der Waals surface area contributed by atoms with E-state index >= 15 is 0 Å². The Morgan fingerprint density at radius 3 is 2.95 bits per heavy atom. The lowest BCUT2D eigenvalue weighted by atomic mass is 9.97. The Bertz CT molecular complexity index is 605. The summed E-state index contributed by atoms with van der Waals surface area (Å²) in [5.74, 6) is 0. The summed E-state index contributed by atoms with van der Waals surface area (Å²) in [6.45, 7) is 5.59. The SMILES string of the molecule is CCC(N)Cc1ccccc1N1CCc2sccc2C1C. The first-order chi connectivity index (χ1) is 10.2. The number of rotatable bonds is 4. The normalized spacial score (nSPS) is 19.4. The van der Waals surface area contributed by atoms with Crippen molar-refractivity contribution in [1.29, 1.82) is 0 Å². The number of hydrogen-bond acceptors (Lipinski definition) is 3. The maximum Gasteiger partial charge on any atom is 0.0525 e. The van der Waals surface area contributed by atoms with Gasteiger partial charge in [-0.15, -0.1) is 11.3 Å². The molecule has 0 bridgehead atoms. The van der Waals surface area contributed by atoms with E-state index in [9.17, 15) is 0 Å². The molecule has 112 valence electrons. The summed E-state index contributed by atoms with van der Waals surface area (Å²) in [7, 11) is 0. The van der Waals surface area contributed by atoms with Crippen LogP contribution in [-0.4, -0.2) is 12.6 Å². The molecule has 21 heavy (non-hydrogen) atoms. The standard InChI is InChI=1S/C18H24N2S/c1-3-15(19)12-14-6-4-5-7-17(14)20-10-8-18-16(13(20)2)9-11-21-18/h4-7,9,11,13,15H,3,8,10,12,19H2,1-2H3. The summed E-state index contributed by atoms with van der Waals surface area (Å²) >= 11 is 1.90. The number of nitrogens with zero attached hydrogens (tertiary/aromatic N) is 1. The number of fused-ring (bicyclic) bond motifs is 1. The monoisotopic (exact) mass is 300 g/mol. The van der Waals surface area contributed by atoms with Gasteiger partial charge < -0.3 is 10.6 Å². The van der Waals surface area contributed by atoms with E-state index in [1.165, 1.54) is 16.8 Å². The fourth-order valence-electron chi connectivity index (χ4n) is 3.23. The molecule has 1 aliphatic heterocycles. The van der Waals surface area contributed by atoms with Crippen LogP contribution >= 0.6 is 11.3 Å². The molecule has 1 aromatic heterocycles. The van der Waals surface area contributed by atoms with Crippen LogP contribution in [0.15, 0.2) is 35.7 Å². The van der Waals surface area contributed by atoms with E-state index in [2.05, 4.69) is 54.5 Å². The molecule has 0 saturated carbocycles. The van der Waals surface area contributed by atoms with E-state index in [4.69, 9.17) is 5.73 Å². The zero-order chi connectivity index (χ0) is 14.8. The maximum absolute atomic E-state index is 6.18. The second-order valence-corrected chi connectivity index (χ2v) is 6.92. The number of para-hydroxylation sites is 1. The summed E-state index contributed by atoms with van der Waals surface area (Å²) in [6, 6.07) is 11.8. The largest absolute Gasteiger partial charge is 0.364 e. The van der Waals surface area contributed by atoms with E-state index < -0.39 is 0 Å². The molecule has 0 radical (unpaired) electrons. The summed E-state index contributed by atoms with van der Waals surface area (Å²) in [5.41, 5.74) is 10.4. The summed E-state index contributed by atoms with van der Waals surface area (Å²) in [5, 5.41) is 2.23. The van der Waals surface area contributed by atoms with Crippen molar-refractivity contribution >= 4 is 17.0 Å². The highest BCUT2D eigenvalue weighted by Gasteiger charge is 2.26. The van der Waals surface area contributed by atoms with Gasteiger partial charge in [0.2, 0.25) is 0 Å². The fourth-order valence-corrected chi connectivity index (χ4v) is 4.19. The molecular formula is C18H24N2S. The van der Waals surface area contributed by atoms with Crippen LogP contribution in [0.1, 0.15) is 42.3 Å².